The van der Waals surface area contributed by atoms with Crippen molar-refractivity contribution in [2.75, 3.05) is 6.61 Å². The third kappa shape index (κ3) is 4.57. The Hall–Kier alpha value is -0.619. The van der Waals surface area contributed by atoms with E-state index in [0.717, 1.165) is 0 Å². The Balaban J connectivity index is 0.000000172. The number of hydrogen-bond donors (Lipinski definition) is 1. The topological polar surface area (TPSA) is 38.7 Å². The molecule has 0 saturated carbocycles. The summed E-state index contributed by atoms with van der Waals surface area (Å²) in [6.07, 6.45) is 2.03. The molecule has 0 amide bonds. The van der Waals surface area contributed by atoms with Crippen molar-refractivity contribution in [1.29, 1.82) is 0 Å². The molecule has 0 spiro atoms. The standard InChI is InChI=1S/C7H8B.C6H8O3.Os/c1-8-7-5-3-2-4-6-7;7-4-1-5-3-8-6(2-4)9-5;/h2-6H,1H3;2,5-7H,1,3H2;. The molecule has 97 valence electrons. The van der Waals surface area contributed by atoms with Crippen molar-refractivity contribution in [3.05, 3.63) is 42.2 Å². The number of aliphatic hydroxyl groups excluding tert-OH is 1. The van der Waals surface area contributed by atoms with E-state index in [1.807, 2.05) is 25.0 Å². The van der Waals surface area contributed by atoms with E-state index in [2.05, 4.69) is 19.4 Å². The molecule has 1 N–H and O–H groups in total. The van der Waals surface area contributed by atoms with Gasteiger partial charge in [-0.05, 0) is 0 Å². The van der Waals surface area contributed by atoms with Gasteiger partial charge in [-0.15, -0.1) is 0 Å². The first-order valence-corrected chi connectivity index (χ1v) is 5.79. The second kappa shape index (κ2) is 7.74. The number of ether oxygens (including phenoxy) is 2. The molecule has 1 fully saturated rings. The zero-order valence-electron chi connectivity index (χ0n) is 10.2. The van der Waals surface area contributed by atoms with Crippen LogP contribution in [0, 0.1) is 0 Å². The minimum Gasteiger partial charge on any atom is -0.512 e. The van der Waals surface area contributed by atoms with Crippen LogP contribution in [0.4, 0.5) is 0 Å². The summed E-state index contributed by atoms with van der Waals surface area (Å²) in [6, 6.07) is 10.3. The molecule has 2 heterocycles. The van der Waals surface area contributed by atoms with E-state index in [4.69, 9.17) is 14.6 Å². The Labute approximate surface area is 121 Å². The quantitative estimate of drug-likeness (QED) is 0.701. The van der Waals surface area contributed by atoms with Crippen molar-refractivity contribution < 1.29 is 34.4 Å². The molecule has 3 nitrogen and oxygen atoms in total. The molecule has 18 heavy (non-hydrogen) atoms. The minimum absolute atomic E-state index is 0. The fourth-order valence-electron chi connectivity index (χ4n) is 1.77. The fourth-order valence-corrected chi connectivity index (χ4v) is 1.77. The molecule has 2 bridgehead atoms. The van der Waals surface area contributed by atoms with Crippen LogP contribution < -0.4 is 5.46 Å². The summed E-state index contributed by atoms with van der Waals surface area (Å²) in [4.78, 5) is 0. The van der Waals surface area contributed by atoms with Gasteiger partial charge in [-0.1, -0.05) is 42.6 Å². The molecule has 2 unspecified atom stereocenters. The van der Waals surface area contributed by atoms with Gasteiger partial charge in [0.2, 0.25) is 0 Å². The number of benzene rings is 1. The van der Waals surface area contributed by atoms with E-state index in [0.29, 0.717) is 18.8 Å². The summed E-state index contributed by atoms with van der Waals surface area (Å²) >= 11 is 0. The Morgan fingerprint density at radius 2 is 2.00 bits per heavy atom. The third-order valence-corrected chi connectivity index (χ3v) is 2.67. The van der Waals surface area contributed by atoms with Gasteiger partial charge < -0.3 is 14.6 Å². The maximum atomic E-state index is 8.99. The molecule has 1 radical (unpaired) electrons. The van der Waals surface area contributed by atoms with Gasteiger partial charge in [0, 0.05) is 32.3 Å². The molecule has 1 aromatic rings. The van der Waals surface area contributed by atoms with Gasteiger partial charge in [-0.2, -0.15) is 0 Å². The first-order chi connectivity index (χ1) is 8.28. The normalized spacial score (nSPS) is 24.2. The Kier molecular flexibility index (Phi) is 6.64. The molecule has 2 aliphatic heterocycles. The molecule has 5 heteroatoms. The van der Waals surface area contributed by atoms with Gasteiger partial charge in [0.1, 0.15) is 7.28 Å². The van der Waals surface area contributed by atoms with Crippen LogP contribution in [0.15, 0.2) is 42.2 Å². The first-order valence-electron chi connectivity index (χ1n) is 5.79. The van der Waals surface area contributed by atoms with Crippen LogP contribution in [0.1, 0.15) is 6.42 Å². The molecule has 3 rings (SSSR count). The number of fused-ring (bicyclic) bond motifs is 2. The van der Waals surface area contributed by atoms with Crippen molar-refractivity contribution in [1.82, 2.24) is 0 Å². The summed E-state index contributed by atoms with van der Waals surface area (Å²) in [5, 5.41) is 8.99. The summed E-state index contributed by atoms with van der Waals surface area (Å²) in [5.41, 5.74) is 1.28. The SMILES string of the molecule is C[B]c1ccccc1.OC1=CC2OCC(C1)O2.[Os]. The maximum absolute atomic E-state index is 8.99. The van der Waals surface area contributed by atoms with Gasteiger partial charge in [0.15, 0.2) is 6.29 Å². The van der Waals surface area contributed by atoms with Crippen LogP contribution in [0.3, 0.4) is 0 Å². The van der Waals surface area contributed by atoms with Crippen LogP contribution in [-0.4, -0.2) is 31.4 Å². The van der Waals surface area contributed by atoms with Crippen LogP contribution in [0.25, 0.3) is 0 Å². The minimum atomic E-state index is -0.274. The zero-order chi connectivity index (χ0) is 12.1. The molecule has 2 atom stereocenters. The van der Waals surface area contributed by atoms with Gasteiger partial charge >= 0.3 is 0 Å². The smallest absolute Gasteiger partial charge is 0.180 e. The van der Waals surface area contributed by atoms with Gasteiger partial charge in [0.05, 0.1) is 18.5 Å². The zero-order valence-corrected chi connectivity index (χ0v) is 12.8. The first kappa shape index (κ1) is 15.4. The molecule has 0 aromatic heterocycles. The Morgan fingerprint density at radius 1 is 1.28 bits per heavy atom. The summed E-state index contributed by atoms with van der Waals surface area (Å²) in [5.74, 6) is 0.397. The van der Waals surface area contributed by atoms with E-state index < -0.39 is 0 Å². The monoisotopic (exact) mass is 423 g/mol. The van der Waals surface area contributed by atoms with E-state index >= 15 is 0 Å². The average Bonchev–Trinajstić information content (AvgIpc) is 2.71. The van der Waals surface area contributed by atoms with E-state index in [-0.39, 0.29) is 32.2 Å². The third-order valence-electron chi connectivity index (χ3n) is 2.67. The number of hydrogen-bond acceptors (Lipinski definition) is 3. The molecule has 1 aromatic carbocycles. The van der Waals surface area contributed by atoms with Crippen molar-refractivity contribution in [2.45, 2.75) is 25.6 Å². The molecule has 0 aliphatic carbocycles. The largest absolute Gasteiger partial charge is 0.512 e. The number of rotatable bonds is 1. The maximum Gasteiger partial charge on any atom is 0.180 e. The second-order valence-electron chi connectivity index (χ2n) is 4.02. The summed E-state index contributed by atoms with van der Waals surface area (Å²) < 4.78 is 10.3. The van der Waals surface area contributed by atoms with Crippen molar-refractivity contribution >= 4 is 12.7 Å². The van der Waals surface area contributed by atoms with Gasteiger partial charge in [-0.25, -0.2) is 0 Å². The van der Waals surface area contributed by atoms with Crippen molar-refractivity contribution in [3.63, 3.8) is 0 Å². The van der Waals surface area contributed by atoms with Crippen LogP contribution in [0.5, 0.6) is 0 Å². The van der Waals surface area contributed by atoms with Crippen LogP contribution >= 0.6 is 0 Å². The average molecular weight is 421 g/mol. The Morgan fingerprint density at radius 3 is 2.56 bits per heavy atom. The van der Waals surface area contributed by atoms with Crippen molar-refractivity contribution in [2.24, 2.45) is 0 Å². The summed E-state index contributed by atoms with van der Waals surface area (Å²) in [6.45, 7) is 2.65. The molecule has 2 aliphatic rings. The van der Waals surface area contributed by atoms with E-state index in [9.17, 15) is 0 Å². The number of aliphatic hydroxyl groups is 1. The van der Waals surface area contributed by atoms with Gasteiger partial charge in [-0.3, -0.25) is 0 Å². The summed E-state index contributed by atoms with van der Waals surface area (Å²) in [7, 11) is 2.08. The fraction of sp³-hybridized carbons (Fsp3) is 0.385. The predicted octanol–water partition coefficient (Wildman–Crippen LogP) is 1.64. The second-order valence-corrected chi connectivity index (χ2v) is 4.02. The van der Waals surface area contributed by atoms with Crippen molar-refractivity contribution in [3.8, 4) is 0 Å². The van der Waals surface area contributed by atoms with Crippen LogP contribution in [0.2, 0.25) is 6.82 Å². The van der Waals surface area contributed by atoms with E-state index in [1.54, 1.807) is 6.08 Å². The molecule has 1 saturated heterocycles. The molecular weight excluding hydrogens is 405 g/mol. The van der Waals surface area contributed by atoms with Crippen LogP contribution in [-0.2, 0) is 29.3 Å². The van der Waals surface area contributed by atoms with E-state index in [1.165, 1.54) is 5.46 Å². The Bertz CT molecular complexity index is 383. The molecular formula is C13H16BO3Os. The predicted molar refractivity (Wildman–Crippen MR) is 67.6 cm³/mol. The van der Waals surface area contributed by atoms with Gasteiger partial charge in [0.25, 0.3) is 0 Å².